The number of nitrogens with two attached hydrogens (primary N) is 1. The van der Waals surface area contributed by atoms with E-state index in [1.54, 1.807) is 25.1 Å². The molecule has 0 spiro atoms. The van der Waals surface area contributed by atoms with Crippen LogP contribution in [0.1, 0.15) is 12.5 Å². The van der Waals surface area contributed by atoms with Gasteiger partial charge < -0.3 is 20.4 Å². The maximum Gasteiger partial charge on any atom is 0.255 e. The molecule has 6 heteroatoms. The quantitative estimate of drug-likeness (QED) is 0.449. The molecule has 1 rings (SSSR count). The lowest BCUT2D eigenvalue weighted by Crippen LogP contribution is -2.20. The molecule has 0 saturated carbocycles. The number of benzene rings is 1. The Morgan fingerprint density at radius 1 is 1.53 bits per heavy atom. The summed E-state index contributed by atoms with van der Waals surface area (Å²) in [6.07, 6.45) is 0. The Balaban J connectivity index is 3.07. The lowest BCUT2D eigenvalue weighted by Gasteiger charge is -2.11. The van der Waals surface area contributed by atoms with Crippen molar-refractivity contribution in [1.82, 2.24) is 0 Å². The van der Waals surface area contributed by atoms with E-state index in [1.807, 2.05) is 0 Å². The number of primary amides is 1. The zero-order valence-electron chi connectivity index (χ0n) is 9.64. The molecule has 1 aromatic carbocycles. The Labute approximate surface area is 98.6 Å². The average molecular weight is 238 g/mol. The fourth-order valence-electron chi connectivity index (χ4n) is 1.25. The van der Waals surface area contributed by atoms with Gasteiger partial charge in [-0.1, -0.05) is 5.16 Å². The van der Waals surface area contributed by atoms with Gasteiger partial charge in [0.25, 0.3) is 5.91 Å². The maximum absolute atomic E-state index is 10.7. The van der Waals surface area contributed by atoms with E-state index < -0.39 is 5.91 Å². The predicted octanol–water partition coefficient (Wildman–Crippen LogP) is 0.758. The summed E-state index contributed by atoms with van der Waals surface area (Å²) in [5.41, 5.74) is 5.93. The van der Waals surface area contributed by atoms with Crippen LogP contribution in [0.15, 0.2) is 23.4 Å². The Kier molecular flexibility index (Phi) is 4.33. The number of hydrogen-bond acceptors (Lipinski definition) is 5. The predicted molar refractivity (Wildman–Crippen MR) is 61.7 cm³/mol. The molecule has 17 heavy (non-hydrogen) atoms. The fourth-order valence-corrected chi connectivity index (χ4v) is 1.25. The molecular weight excluding hydrogens is 224 g/mol. The molecular formula is C11H14N2O4. The van der Waals surface area contributed by atoms with Gasteiger partial charge >= 0.3 is 0 Å². The van der Waals surface area contributed by atoms with Crippen molar-refractivity contribution in [3.05, 3.63) is 23.8 Å². The minimum absolute atomic E-state index is 0.251. The second kappa shape index (κ2) is 5.74. The van der Waals surface area contributed by atoms with Crippen LogP contribution in [0.5, 0.6) is 11.5 Å². The molecule has 6 nitrogen and oxygen atoms in total. The number of hydrogen-bond donors (Lipinski definition) is 2. The molecule has 0 fully saturated rings. The molecule has 92 valence electrons. The van der Waals surface area contributed by atoms with E-state index in [0.29, 0.717) is 22.8 Å². The van der Waals surface area contributed by atoms with E-state index in [9.17, 15) is 4.79 Å². The van der Waals surface area contributed by atoms with E-state index >= 15 is 0 Å². The molecule has 0 aliphatic carbocycles. The van der Waals surface area contributed by atoms with Crippen LogP contribution >= 0.6 is 0 Å². The van der Waals surface area contributed by atoms with Crippen molar-refractivity contribution in [2.45, 2.75) is 6.92 Å². The molecule has 0 bridgehead atoms. The SMILES string of the molecule is COc1ccc(/C(C)=N/O)c(OCC(N)=O)c1. The Hall–Kier alpha value is -2.24. The van der Waals surface area contributed by atoms with Gasteiger partial charge in [-0.2, -0.15) is 0 Å². The molecule has 0 aromatic heterocycles. The van der Waals surface area contributed by atoms with Gasteiger partial charge in [0.2, 0.25) is 0 Å². The van der Waals surface area contributed by atoms with Gasteiger partial charge in [-0.15, -0.1) is 0 Å². The van der Waals surface area contributed by atoms with Gasteiger partial charge in [-0.25, -0.2) is 0 Å². The van der Waals surface area contributed by atoms with Crippen molar-refractivity contribution in [3.63, 3.8) is 0 Å². The van der Waals surface area contributed by atoms with E-state index in [-0.39, 0.29) is 6.61 Å². The van der Waals surface area contributed by atoms with E-state index in [0.717, 1.165) is 0 Å². The first kappa shape index (κ1) is 12.8. The third-order valence-corrected chi connectivity index (χ3v) is 2.10. The van der Waals surface area contributed by atoms with Crippen LogP contribution in [0.3, 0.4) is 0 Å². The Morgan fingerprint density at radius 2 is 2.24 bits per heavy atom. The Morgan fingerprint density at radius 3 is 2.76 bits per heavy atom. The summed E-state index contributed by atoms with van der Waals surface area (Å²) >= 11 is 0. The van der Waals surface area contributed by atoms with Crippen molar-refractivity contribution in [2.75, 3.05) is 13.7 Å². The van der Waals surface area contributed by atoms with E-state index in [2.05, 4.69) is 5.16 Å². The van der Waals surface area contributed by atoms with E-state index in [1.165, 1.54) is 7.11 Å². The molecule has 0 unspecified atom stereocenters. The smallest absolute Gasteiger partial charge is 0.255 e. The Bertz CT molecular complexity index is 443. The molecule has 0 atom stereocenters. The van der Waals surface area contributed by atoms with Crippen molar-refractivity contribution >= 4 is 11.6 Å². The van der Waals surface area contributed by atoms with Crippen LogP contribution in [-0.4, -0.2) is 30.5 Å². The highest BCUT2D eigenvalue weighted by Gasteiger charge is 2.10. The molecule has 0 saturated heterocycles. The largest absolute Gasteiger partial charge is 0.497 e. The van der Waals surface area contributed by atoms with Gasteiger partial charge in [-0.05, 0) is 19.1 Å². The lowest BCUT2D eigenvalue weighted by molar-refractivity contribution is -0.119. The summed E-state index contributed by atoms with van der Waals surface area (Å²) < 4.78 is 10.2. The summed E-state index contributed by atoms with van der Waals surface area (Å²) in [7, 11) is 1.51. The summed E-state index contributed by atoms with van der Waals surface area (Å²) in [6.45, 7) is 1.36. The molecule has 0 radical (unpaired) electrons. The highest BCUT2D eigenvalue weighted by Crippen LogP contribution is 2.25. The first-order valence-electron chi connectivity index (χ1n) is 4.86. The fraction of sp³-hybridized carbons (Fsp3) is 0.273. The summed E-state index contributed by atoms with van der Waals surface area (Å²) in [5.74, 6) is 0.356. The number of oxime groups is 1. The molecule has 1 aromatic rings. The maximum atomic E-state index is 10.7. The van der Waals surface area contributed by atoms with Crippen molar-refractivity contribution in [3.8, 4) is 11.5 Å². The molecule has 0 heterocycles. The lowest BCUT2D eigenvalue weighted by atomic mass is 10.1. The van der Waals surface area contributed by atoms with Gasteiger partial charge in [0.15, 0.2) is 6.61 Å². The van der Waals surface area contributed by atoms with Gasteiger partial charge in [0.05, 0.1) is 12.8 Å². The minimum atomic E-state index is -0.586. The number of rotatable bonds is 5. The summed E-state index contributed by atoms with van der Waals surface area (Å²) in [5, 5.41) is 11.8. The first-order valence-corrected chi connectivity index (χ1v) is 4.86. The highest BCUT2D eigenvalue weighted by atomic mass is 16.5. The molecule has 1 amide bonds. The van der Waals surface area contributed by atoms with Crippen molar-refractivity contribution < 1.29 is 19.5 Å². The number of methoxy groups -OCH3 is 1. The minimum Gasteiger partial charge on any atom is -0.497 e. The van der Waals surface area contributed by atoms with Crippen molar-refractivity contribution in [1.29, 1.82) is 0 Å². The van der Waals surface area contributed by atoms with Crippen LogP contribution in [0.25, 0.3) is 0 Å². The van der Waals surface area contributed by atoms with Crippen LogP contribution in [0, 0.1) is 0 Å². The summed E-state index contributed by atoms with van der Waals surface area (Å²) in [4.78, 5) is 10.7. The number of nitrogens with zero attached hydrogens (tertiary/aromatic N) is 1. The van der Waals surface area contributed by atoms with Crippen LogP contribution in [-0.2, 0) is 4.79 Å². The second-order valence-corrected chi connectivity index (χ2v) is 3.30. The van der Waals surface area contributed by atoms with Gasteiger partial charge in [0.1, 0.15) is 11.5 Å². The first-order chi connectivity index (χ1) is 8.08. The highest BCUT2D eigenvalue weighted by molar-refractivity contribution is 6.01. The monoisotopic (exact) mass is 238 g/mol. The molecule has 0 aliphatic rings. The van der Waals surface area contributed by atoms with Crippen LogP contribution in [0.2, 0.25) is 0 Å². The van der Waals surface area contributed by atoms with Gasteiger partial charge in [-0.3, -0.25) is 4.79 Å². The third-order valence-electron chi connectivity index (χ3n) is 2.10. The number of ether oxygens (including phenoxy) is 2. The van der Waals surface area contributed by atoms with Crippen LogP contribution < -0.4 is 15.2 Å². The number of amides is 1. The topological polar surface area (TPSA) is 94.1 Å². The summed E-state index contributed by atoms with van der Waals surface area (Å²) in [6, 6.07) is 4.96. The number of carbonyl (C=O) groups is 1. The third kappa shape index (κ3) is 3.37. The molecule has 0 aliphatic heterocycles. The average Bonchev–Trinajstić information content (AvgIpc) is 2.34. The van der Waals surface area contributed by atoms with Crippen molar-refractivity contribution in [2.24, 2.45) is 10.9 Å². The second-order valence-electron chi connectivity index (χ2n) is 3.30. The molecule has 3 N–H and O–H groups in total. The van der Waals surface area contributed by atoms with Gasteiger partial charge in [0, 0.05) is 11.6 Å². The van der Waals surface area contributed by atoms with Crippen LogP contribution in [0.4, 0.5) is 0 Å². The zero-order valence-corrected chi connectivity index (χ0v) is 9.64. The van der Waals surface area contributed by atoms with E-state index in [4.69, 9.17) is 20.4 Å². The number of carbonyl (C=O) groups excluding carboxylic acids is 1. The zero-order chi connectivity index (χ0) is 12.8. The normalized spacial score (nSPS) is 11.1. The standard InChI is InChI=1S/C11H14N2O4/c1-7(13-15)9-4-3-8(16-2)5-10(9)17-6-11(12)14/h3-5,15H,6H2,1-2H3,(H2,12,14)/b13-7+.